The quantitative estimate of drug-likeness (QED) is 0.329. The molecule has 6 heteroatoms. The fourth-order valence-electron chi connectivity index (χ4n) is 1.07. The minimum absolute atomic E-state index is 0.176. The van der Waals surface area contributed by atoms with Crippen LogP contribution in [0.5, 0.6) is 0 Å². The van der Waals surface area contributed by atoms with Crippen molar-refractivity contribution in [3.8, 4) is 0 Å². The summed E-state index contributed by atoms with van der Waals surface area (Å²) in [7, 11) is 0. The van der Waals surface area contributed by atoms with Gasteiger partial charge in [-0.15, -0.1) is 0 Å². The molecule has 0 heterocycles. The van der Waals surface area contributed by atoms with Crippen LogP contribution in [0.3, 0.4) is 0 Å². The summed E-state index contributed by atoms with van der Waals surface area (Å²) in [4.78, 5) is 31.1. The van der Waals surface area contributed by atoms with Crippen LogP contribution < -0.4 is 0 Å². The lowest BCUT2D eigenvalue weighted by Gasteiger charge is -2.02. The topological polar surface area (TPSA) is 89.9 Å². The van der Waals surface area contributed by atoms with Crippen LogP contribution in [-0.2, 0) is 23.9 Å². The molecule has 0 aromatic carbocycles. The van der Waals surface area contributed by atoms with Gasteiger partial charge in [0.05, 0.1) is 13.2 Å². The number of carboxylic acid groups (broad SMARTS) is 1. The van der Waals surface area contributed by atoms with Crippen LogP contribution in [0.1, 0.15) is 66.7 Å². The molecule has 0 aromatic rings. The monoisotopic (exact) mass is 384 g/mol. The van der Waals surface area contributed by atoms with Crippen LogP contribution in [0.2, 0.25) is 0 Å². The molecule has 6 nitrogen and oxygen atoms in total. The third kappa shape index (κ3) is 26.0. The molecule has 0 fully saturated rings. The molecule has 156 valence electrons. The zero-order valence-corrected chi connectivity index (χ0v) is 17.6. The molecule has 0 radical (unpaired) electrons. The van der Waals surface area contributed by atoms with E-state index in [9.17, 15) is 14.4 Å². The van der Waals surface area contributed by atoms with Crippen LogP contribution >= 0.6 is 0 Å². The number of unbranched alkanes of at least 4 members (excludes halogenated alkanes) is 3. The number of esters is 2. The van der Waals surface area contributed by atoms with Crippen molar-refractivity contribution in [1.82, 2.24) is 0 Å². The number of hydrogen-bond donors (Lipinski definition) is 1. The number of ether oxygens (including phenoxy) is 2. The van der Waals surface area contributed by atoms with Gasteiger partial charge in [-0.1, -0.05) is 52.8 Å². The van der Waals surface area contributed by atoms with Crippen molar-refractivity contribution in [2.75, 3.05) is 13.2 Å². The van der Waals surface area contributed by atoms with Gasteiger partial charge in [-0.25, -0.2) is 14.4 Å². The smallest absolute Gasteiger partial charge is 0.333 e. The third-order valence-electron chi connectivity index (χ3n) is 2.77. The fourth-order valence-corrected chi connectivity index (χ4v) is 1.07. The summed E-state index contributed by atoms with van der Waals surface area (Å²) in [5.74, 6) is -1.50. The normalized spacial score (nSPS) is 8.78. The van der Waals surface area contributed by atoms with E-state index in [2.05, 4.69) is 33.6 Å². The largest absolute Gasteiger partial charge is 0.478 e. The molecule has 0 amide bonds. The molecule has 27 heavy (non-hydrogen) atoms. The number of carbonyl (C=O) groups is 3. The van der Waals surface area contributed by atoms with Gasteiger partial charge in [-0.3, -0.25) is 0 Å². The van der Waals surface area contributed by atoms with Crippen molar-refractivity contribution in [2.24, 2.45) is 0 Å². The maximum absolute atomic E-state index is 10.8. The first-order valence-electron chi connectivity index (χ1n) is 9.05. The summed E-state index contributed by atoms with van der Waals surface area (Å²) in [5.41, 5.74) is 1.12. The number of carboxylic acids is 1. The average Bonchev–Trinajstić information content (AvgIpc) is 2.59. The second-order valence-electron chi connectivity index (χ2n) is 5.98. The summed E-state index contributed by atoms with van der Waals surface area (Å²) in [5, 5.41) is 7.89. The van der Waals surface area contributed by atoms with E-state index in [0.717, 1.165) is 32.1 Å². The first-order chi connectivity index (χ1) is 12.5. The minimum atomic E-state index is -0.935. The van der Waals surface area contributed by atoms with Crippen molar-refractivity contribution in [3.05, 3.63) is 36.5 Å². The highest BCUT2D eigenvalue weighted by Crippen LogP contribution is 1.97. The van der Waals surface area contributed by atoms with Crippen LogP contribution in [0.4, 0.5) is 0 Å². The maximum Gasteiger partial charge on any atom is 0.333 e. The van der Waals surface area contributed by atoms with E-state index in [1.807, 2.05) is 0 Å². The van der Waals surface area contributed by atoms with Gasteiger partial charge < -0.3 is 14.6 Å². The van der Waals surface area contributed by atoms with E-state index in [-0.39, 0.29) is 17.5 Å². The Kier molecular flexibility index (Phi) is 21.7. The molecule has 0 aliphatic carbocycles. The lowest BCUT2D eigenvalue weighted by Crippen LogP contribution is -2.05. The third-order valence-corrected chi connectivity index (χ3v) is 2.77. The van der Waals surface area contributed by atoms with Gasteiger partial charge in [0.15, 0.2) is 0 Å². The highest BCUT2D eigenvalue weighted by Gasteiger charge is 2.01. The van der Waals surface area contributed by atoms with Crippen molar-refractivity contribution < 1.29 is 29.0 Å². The molecule has 0 atom stereocenters. The Bertz CT molecular complexity index is 479. The molecular formula is C21H36O6. The number of hydrogen-bond acceptors (Lipinski definition) is 5. The Morgan fingerprint density at radius 2 is 1.04 bits per heavy atom. The van der Waals surface area contributed by atoms with Gasteiger partial charge in [0.2, 0.25) is 0 Å². The molecule has 1 N–H and O–H groups in total. The molecular weight excluding hydrogens is 348 g/mol. The molecule has 0 rings (SSSR count). The fraction of sp³-hybridized carbons (Fsp3) is 0.571. The predicted octanol–water partition coefficient (Wildman–Crippen LogP) is 4.85. The Labute approximate surface area is 163 Å². The molecule has 0 aliphatic rings. The Balaban J connectivity index is -0.000000334. The zero-order valence-electron chi connectivity index (χ0n) is 17.6. The van der Waals surface area contributed by atoms with Gasteiger partial charge in [0.1, 0.15) is 0 Å². The summed E-state index contributed by atoms with van der Waals surface area (Å²) in [6, 6.07) is 0. The molecule has 0 saturated heterocycles. The second-order valence-corrected chi connectivity index (χ2v) is 5.98. The Hall–Kier alpha value is -2.37. The van der Waals surface area contributed by atoms with Gasteiger partial charge >= 0.3 is 17.9 Å². The predicted molar refractivity (Wildman–Crippen MR) is 108 cm³/mol. The van der Waals surface area contributed by atoms with Gasteiger partial charge in [-0.05, 0) is 33.6 Å². The Morgan fingerprint density at radius 1 is 0.704 bits per heavy atom. The van der Waals surface area contributed by atoms with Crippen LogP contribution in [-0.4, -0.2) is 36.2 Å². The first kappa shape index (κ1) is 29.4. The van der Waals surface area contributed by atoms with Crippen molar-refractivity contribution >= 4 is 17.9 Å². The average molecular weight is 385 g/mol. The number of aliphatic carboxylic acids is 1. The molecule has 0 bridgehead atoms. The minimum Gasteiger partial charge on any atom is -0.478 e. The molecule has 0 aliphatic heterocycles. The number of rotatable bonds is 10. The summed E-state index contributed by atoms with van der Waals surface area (Å²) >= 11 is 0. The first-order valence-corrected chi connectivity index (χ1v) is 9.05. The van der Waals surface area contributed by atoms with E-state index < -0.39 is 5.97 Å². The maximum atomic E-state index is 10.8. The number of carbonyl (C=O) groups excluding carboxylic acids is 2. The molecule has 0 spiro atoms. The lowest BCUT2D eigenvalue weighted by atomic mass is 10.3. The highest BCUT2D eigenvalue weighted by molar-refractivity contribution is 5.87. The van der Waals surface area contributed by atoms with Crippen molar-refractivity contribution in [2.45, 2.75) is 66.7 Å². The van der Waals surface area contributed by atoms with Gasteiger partial charge in [0, 0.05) is 16.7 Å². The van der Waals surface area contributed by atoms with Gasteiger partial charge in [0.25, 0.3) is 0 Å². The standard InChI is InChI=1S/C9H16O2.C8H14O2.C4H6O2/c1-4-5-6-7-11-9(10)8(2)3;1-4-5-6-10-8(9)7(2)3;1-3(2)4(5)6/h2,4-7H2,1,3H3;2,4-6H2,1,3H3;1H2,2H3,(H,5,6). The van der Waals surface area contributed by atoms with E-state index in [4.69, 9.17) is 14.6 Å². The van der Waals surface area contributed by atoms with E-state index in [1.54, 1.807) is 13.8 Å². The Morgan fingerprint density at radius 3 is 1.30 bits per heavy atom. The second kappa shape index (κ2) is 19.9. The van der Waals surface area contributed by atoms with E-state index >= 15 is 0 Å². The van der Waals surface area contributed by atoms with Crippen molar-refractivity contribution in [3.63, 3.8) is 0 Å². The summed E-state index contributed by atoms with van der Waals surface area (Å²) in [6.45, 7) is 20.0. The SMILES string of the molecule is C=C(C)C(=O)O.C=C(C)C(=O)OCCCC.C=C(C)C(=O)OCCCCC. The van der Waals surface area contributed by atoms with Gasteiger partial charge in [-0.2, -0.15) is 0 Å². The summed E-state index contributed by atoms with van der Waals surface area (Å²) in [6.07, 6.45) is 5.19. The molecule has 0 saturated carbocycles. The molecule has 0 unspecified atom stereocenters. The van der Waals surface area contributed by atoms with Crippen LogP contribution in [0.25, 0.3) is 0 Å². The van der Waals surface area contributed by atoms with Crippen LogP contribution in [0.15, 0.2) is 36.5 Å². The zero-order chi connectivity index (χ0) is 21.8. The lowest BCUT2D eigenvalue weighted by molar-refractivity contribution is -0.139. The van der Waals surface area contributed by atoms with E-state index in [0.29, 0.717) is 24.4 Å². The summed E-state index contributed by atoms with van der Waals surface area (Å²) < 4.78 is 9.67. The van der Waals surface area contributed by atoms with Crippen LogP contribution in [0, 0.1) is 0 Å². The highest BCUT2D eigenvalue weighted by atomic mass is 16.5. The van der Waals surface area contributed by atoms with E-state index in [1.165, 1.54) is 6.92 Å². The van der Waals surface area contributed by atoms with Crippen molar-refractivity contribution in [1.29, 1.82) is 0 Å². The molecule has 0 aromatic heterocycles.